The minimum Gasteiger partial charge on any atom is -0.399 e. The predicted molar refractivity (Wildman–Crippen MR) is 150 cm³/mol. The van der Waals surface area contributed by atoms with E-state index in [0.29, 0.717) is 41.5 Å². The molecule has 0 unspecified atom stereocenters. The first-order chi connectivity index (χ1) is 18.4. The quantitative estimate of drug-likeness (QED) is 0.223. The number of benzene rings is 3. The highest BCUT2D eigenvalue weighted by Crippen LogP contribution is 2.33. The fourth-order valence-corrected chi connectivity index (χ4v) is 4.23. The molecule has 0 fully saturated rings. The van der Waals surface area contributed by atoms with Crippen LogP contribution in [0, 0.1) is 0 Å². The number of nitrogens with two attached hydrogens (primary N) is 2. The van der Waals surface area contributed by atoms with Gasteiger partial charge < -0.3 is 16.2 Å². The monoisotopic (exact) mass is 512 g/mol. The van der Waals surface area contributed by atoms with Gasteiger partial charge in [-0.05, 0) is 59.0 Å². The number of aldehydes is 1. The Morgan fingerprint density at radius 1 is 1.03 bits per heavy atom. The molecule has 0 spiro atoms. The predicted octanol–water partition coefficient (Wildman–Crippen LogP) is 5.04. The number of aliphatic imine (C=N–C) groups is 1. The van der Waals surface area contributed by atoms with Gasteiger partial charge in [0.1, 0.15) is 18.7 Å². The van der Waals surface area contributed by atoms with Gasteiger partial charge in [-0.3, -0.25) is 14.4 Å². The first kappa shape index (κ1) is 26.8. The summed E-state index contributed by atoms with van der Waals surface area (Å²) in [6.07, 6.45) is 3.58. The van der Waals surface area contributed by atoms with Crippen molar-refractivity contribution in [2.75, 3.05) is 19.4 Å². The average molecular weight is 513 g/mol. The summed E-state index contributed by atoms with van der Waals surface area (Å²) < 4.78 is 5.18. The second kappa shape index (κ2) is 12.3. The lowest BCUT2D eigenvalue weighted by Gasteiger charge is -2.22. The molecule has 0 saturated heterocycles. The van der Waals surface area contributed by atoms with Gasteiger partial charge in [0.2, 0.25) is 0 Å². The SMILES string of the molecule is CCCN(OCc1ccc(N)cc1)C(=O)C1=Cc2ccc(-c3ccc(COC)c(C=O)c3)cc2N=C(N)C1. The number of nitrogen functional groups attached to an aromatic ring is 1. The summed E-state index contributed by atoms with van der Waals surface area (Å²) in [6.45, 7) is 3.03. The standard InChI is InChI=1S/C30H32N4O4/c1-3-12-34(38-18-20-4-10-27(31)11-5-20)30(36)25-14-23-8-6-22(15-28(23)33-29(32)16-25)21-7-9-24(19-37-2)26(13-21)17-35/h4-11,13-15,17H,3,12,16,18-19,31H2,1-2H3,(H2,32,33). The summed E-state index contributed by atoms with van der Waals surface area (Å²) in [6, 6.07) is 18.8. The molecule has 38 heavy (non-hydrogen) atoms. The summed E-state index contributed by atoms with van der Waals surface area (Å²) in [5.74, 6) is 0.0845. The van der Waals surface area contributed by atoms with Crippen LogP contribution in [-0.4, -0.2) is 36.7 Å². The number of anilines is 1. The van der Waals surface area contributed by atoms with Crippen molar-refractivity contribution in [2.45, 2.75) is 33.0 Å². The normalized spacial score (nSPS) is 12.7. The number of carbonyl (C=O) groups excluding carboxylic acids is 2. The van der Waals surface area contributed by atoms with Crippen molar-refractivity contribution in [3.05, 3.63) is 88.5 Å². The lowest BCUT2D eigenvalue weighted by atomic mass is 9.97. The topological polar surface area (TPSA) is 120 Å². The van der Waals surface area contributed by atoms with Gasteiger partial charge in [-0.25, -0.2) is 10.1 Å². The number of hydroxylamine groups is 2. The maximum Gasteiger partial charge on any atom is 0.273 e. The maximum absolute atomic E-state index is 13.5. The number of carbonyl (C=O) groups is 2. The van der Waals surface area contributed by atoms with Gasteiger partial charge in [-0.2, -0.15) is 0 Å². The molecule has 4 N–H and O–H groups in total. The molecule has 3 aromatic carbocycles. The number of nitrogens with zero attached hydrogens (tertiary/aromatic N) is 2. The van der Waals surface area contributed by atoms with E-state index in [1.54, 1.807) is 19.2 Å². The van der Waals surface area contributed by atoms with Gasteiger partial charge in [0, 0.05) is 42.5 Å². The highest BCUT2D eigenvalue weighted by Gasteiger charge is 2.22. The Morgan fingerprint density at radius 2 is 1.76 bits per heavy atom. The smallest absolute Gasteiger partial charge is 0.273 e. The molecule has 1 aliphatic heterocycles. The summed E-state index contributed by atoms with van der Waals surface area (Å²) in [5.41, 5.74) is 18.7. The third kappa shape index (κ3) is 6.34. The molecule has 0 aliphatic carbocycles. The Kier molecular flexibility index (Phi) is 8.68. The number of hydrogen-bond donors (Lipinski definition) is 2. The molecule has 0 bridgehead atoms. The molecule has 8 heteroatoms. The Morgan fingerprint density at radius 3 is 2.47 bits per heavy atom. The van der Waals surface area contributed by atoms with Crippen LogP contribution in [-0.2, 0) is 27.6 Å². The van der Waals surface area contributed by atoms with E-state index in [1.165, 1.54) is 5.06 Å². The van der Waals surface area contributed by atoms with Crippen LogP contribution in [0.1, 0.15) is 46.8 Å². The zero-order valence-electron chi connectivity index (χ0n) is 21.6. The number of ether oxygens (including phenoxy) is 1. The van der Waals surface area contributed by atoms with Crippen LogP contribution in [0.25, 0.3) is 17.2 Å². The van der Waals surface area contributed by atoms with Crippen molar-refractivity contribution in [3.63, 3.8) is 0 Å². The lowest BCUT2D eigenvalue weighted by molar-refractivity contribution is -0.187. The van der Waals surface area contributed by atoms with Gasteiger partial charge in [0.25, 0.3) is 5.91 Å². The van der Waals surface area contributed by atoms with Crippen molar-refractivity contribution < 1.29 is 19.2 Å². The molecular weight excluding hydrogens is 480 g/mol. The number of rotatable bonds is 10. The van der Waals surface area contributed by atoms with Gasteiger partial charge >= 0.3 is 0 Å². The molecule has 0 saturated carbocycles. The zero-order chi connectivity index (χ0) is 27.1. The highest BCUT2D eigenvalue weighted by atomic mass is 16.7. The fourth-order valence-electron chi connectivity index (χ4n) is 4.23. The Hall–Kier alpha value is -4.27. The zero-order valence-corrected chi connectivity index (χ0v) is 21.6. The molecule has 8 nitrogen and oxygen atoms in total. The van der Waals surface area contributed by atoms with Crippen LogP contribution in [0.15, 0.2) is 71.2 Å². The molecule has 1 aliphatic rings. The van der Waals surface area contributed by atoms with Crippen LogP contribution in [0.3, 0.4) is 0 Å². The number of fused-ring (bicyclic) bond motifs is 1. The summed E-state index contributed by atoms with van der Waals surface area (Å²) in [5, 5.41) is 1.39. The van der Waals surface area contributed by atoms with E-state index in [9.17, 15) is 9.59 Å². The van der Waals surface area contributed by atoms with E-state index in [0.717, 1.165) is 40.5 Å². The number of amides is 1. The third-order valence-corrected chi connectivity index (χ3v) is 6.20. The van der Waals surface area contributed by atoms with Crippen molar-refractivity contribution >= 4 is 35.5 Å². The fraction of sp³-hybridized carbons (Fsp3) is 0.233. The molecular formula is C30H32N4O4. The maximum atomic E-state index is 13.5. The largest absolute Gasteiger partial charge is 0.399 e. The highest BCUT2D eigenvalue weighted by molar-refractivity contribution is 6.05. The molecule has 0 radical (unpaired) electrons. The minimum atomic E-state index is -0.248. The van der Waals surface area contributed by atoms with Crippen molar-refractivity contribution in [1.82, 2.24) is 5.06 Å². The van der Waals surface area contributed by atoms with Crippen LogP contribution in [0.5, 0.6) is 0 Å². The Bertz CT molecular complexity index is 1380. The van der Waals surface area contributed by atoms with E-state index in [4.69, 9.17) is 21.0 Å². The van der Waals surface area contributed by atoms with E-state index >= 15 is 0 Å². The van der Waals surface area contributed by atoms with Gasteiger partial charge in [-0.15, -0.1) is 0 Å². The van der Waals surface area contributed by atoms with E-state index in [2.05, 4.69) is 4.99 Å². The van der Waals surface area contributed by atoms with E-state index in [-0.39, 0.29) is 18.9 Å². The summed E-state index contributed by atoms with van der Waals surface area (Å²) in [7, 11) is 1.59. The lowest BCUT2D eigenvalue weighted by Crippen LogP contribution is -2.34. The van der Waals surface area contributed by atoms with E-state index in [1.807, 2.05) is 61.5 Å². The number of amidine groups is 1. The first-order valence-electron chi connectivity index (χ1n) is 12.5. The van der Waals surface area contributed by atoms with E-state index < -0.39 is 0 Å². The number of methoxy groups -OCH3 is 1. The summed E-state index contributed by atoms with van der Waals surface area (Å²) in [4.78, 5) is 35.6. The van der Waals surface area contributed by atoms with Crippen LogP contribution in [0.2, 0.25) is 0 Å². The van der Waals surface area contributed by atoms with Gasteiger partial charge in [0.05, 0.1) is 12.3 Å². The van der Waals surface area contributed by atoms with Crippen LogP contribution in [0.4, 0.5) is 11.4 Å². The first-order valence-corrected chi connectivity index (χ1v) is 12.5. The van der Waals surface area contributed by atoms with Gasteiger partial charge in [-0.1, -0.05) is 43.3 Å². The third-order valence-electron chi connectivity index (χ3n) is 6.20. The number of hydrogen-bond acceptors (Lipinski definition) is 7. The second-order valence-corrected chi connectivity index (χ2v) is 9.11. The van der Waals surface area contributed by atoms with Crippen LogP contribution < -0.4 is 11.5 Å². The van der Waals surface area contributed by atoms with Crippen molar-refractivity contribution in [1.29, 1.82) is 0 Å². The molecule has 1 amide bonds. The van der Waals surface area contributed by atoms with Crippen molar-refractivity contribution in [3.8, 4) is 11.1 Å². The van der Waals surface area contributed by atoms with Crippen molar-refractivity contribution in [2.24, 2.45) is 10.7 Å². The molecule has 3 aromatic rings. The average Bonchev–Trinajstić information content (AvgIpc) is 3.09. The molecule has 1 heterocycles. The Balaban J connectivity index is 1.59. The Labute approximate surface area is 222 Å². The molecule has 196 valence electrons. The minimum absolute atomic E-state index is 0.204. The second-order valence-electron chi connectivity index (χ2n) is 9.11. The summed E-state index contributed by atoms with van der Waals surface area (Å²) >= 11 is 0. The van der Waals surface area contributed by atoms with Crippen LogP contribution >= 0.6 is 0 Å². The molecule has 0 aromatic heterocycles. The van der Waals surface area contributed by atoms with Gasteiger partial charge in [0.15, 0.2) is 0 Å². The molecule has 0 atom stereocenters. The molecule has 4 rings (SSSR count).